The fourth-order valence-corrected chi connectivity index (χ4v) is 1.12. The highest BCUT2D eigenvalue weighted by Crippen LogP contribution is 2.39. The minimum absolute atomic E-state index is 0.0318. The van der Waals surface area contributed by atoms with Crippen LogP contribution in [0.1, 0.15) is 19.8 Å². The number of ketones is 1. The second-order valence-corrected chi connectivity index (χ2v) is 3.04. The van der Waals surface area contributed by atoms with Crippen LogP contribution in [0.15, 0.2) is 0 Å². The van der Waals surface area contributed by atoms with Gasteiger partial charge in [-0.25, -0.2) is 0 Å². The third-order valence-electron chi connectivity index (χ3n) is 2.07. The van der Waals surface area contributed by atoms with Gasteiger partial charge in [0.1, 0.15) is 12.2 Å². The Morgan fingerprint density at radius 1 is 1.55 bits per heavy atom. The summed E-state index contributed by atoms with van der Waals surface area (Å²) in [6.07, 6.45) is 0.890. The van der Waals surface area contributed by atoms with Crippen molar-refractivity contribution in [2.45, 2.75) is 19.8 Å². The molecule has 0 bridgehead atoms. The quantitative estimate of drug-likeness (QED) is 0.448. The molecule has 0 radical (unpaired) electrons. The van der Waals surface area contributed by atoms with Crippen LogP contribution in [-0.2, 0) is 14.3 Å². The van der Waals surface area contributed by atoms with Crippen LogP contribution in [0.5, 0.6) is 0 Å². The number of esters is 1. The van der Waals surface area contributed by atoms with Crippen LogP contribution in [0.3, 0.4) is 0 Å². The Morgan fingerprint density at radius 3 is 2.45 bits per heavy atom. The molecule has 0 aromatic rings. The van der Waals surface area contributed by atoms with Crippen molar-refractivity contribution >= 4 is 11.8 Å². The zero-order valence-corrected chi connectivity index (χ0v) is 6.79. The minimum atomic E-state index is -0.422. The molecule has 0 saturated heterocycles. The number of ether oxygens (including phenoxy) is 1. The average Bonchev–Trinajstić information content (AvgIpc) is 2.66. The molecule has 0 aromatic heterocycles. The van der Waals surface area contributed by atoms with Crippen molar-refractivity contribution in [1.82, 2.24) is 0 Å². The third-order valence-corrected chi connectivity index (χ3v) is 2.07. The molecule has 1 aliphatic rings. The van der Waals surface area contributed by atoms with Crippen LogP contribution < -0.4 is 0 Å². The van der Waals surface area contributed by atoms with Gasteiger partial charge in [0.2, 0.25) is 0 Å². The molecule has 0 aromatic carbocycles. The van der Waals surface area contributed by atoms with Gasteiger partial charge in [-0.3, -0.25) is 9.59 Å². The number of methoxy groups -OCH3 is 1. The van der Waals surface area contributed by atoms with E-state index in [1.165, 1.54) is 7.11 Å². The molecule has 0 N–H and O–H groups in total. The lowest BCUT2D eigenvalue weighted by Gasteiger charge is -1.96. The lowest BCUT2D eigenvalue weighted by Crippen LogP contribution is -2.11. The first-order valence-electron chi connectivity index (χ1n) is 3.74. The maximum Gasteiger partial charge on any atom is 0.313 e. The number of rotatable bonds is 3. The molecule has 2 atom stereocenters. The first-order chi connectivity index (χ1) is 5.15. The van der Waals surface area contributed by atoms with Crippen LogP contribution in [0.4, 0.5) is 0 Å². The molecule has 0 aliphatic heterocycles. The summed E-state index contributed by atoms with van der Waals surface area (Å²) in [5.74, 6) is 0.222. The van der Waals surface area contributed by atoms with E-state index in [9.17, 15) is 9.59 Å². The Balaban J connectivity index is 2.27. The first kappa shape index (κ1) is 8.24. The van der Waals surface area contributed by atoms with E-state index in [0.717, 1.165) is 6.42 Å². The van der Waals surface area contributed by atoms with Gasteiger partial charge in [0.25, 0.3) is 0 Å². The molecule has 3 heteroatoms. The van der Waals surface area contributed by atoms with Crippen molar-refractivity contribution < 1.29 is 14.3 Å². The maximum absolute atomic E-state index is 11.1. The molecule has 62 valence electrons. The lowest BCUT2D eigenvalue weighted by molar-refractivity contribution is -0.143. The molecule has 1 saturated carbocycles. The van der Waals surface area contributed by atoms with Gasteiger partial charge in [-0.05, 0) is 12.3 Å². The molecule has 1 aliphatic carbocycles. The number of hydrogen-bond acceptors (Lipinski definition) is 3. The molecular weight excluding hydrogens is 144 g/mol. The van der Waals surface area contributed by atoms with Gasteiger partial charge < -0.3 is 4.74 Å². The third kappa shape index (κ3) is 2.03. The summed E-state index contributed by atoms with van der Waals surface area (Å²) >= 11 is 0. The highest BCUT2D eigenvalue weighted by Gasteiger charge is 2.39. The van der Waals surface area contributed by atoms with E-state index >= 15 is 0 Å². The first-order valence-corrected chi connectivity index (χ1v) is 3.74. The zero-order chi connectivity index (χ0) is 8.43. The predicted octanol–water partition coefficient (Wildman–Crippen LogP) is 0.775. The van der Waals surface area contributed by atoms with Gasteiger partial charge in [-0.15, -0.1) is 0 Å². The minimum Gasteiger partial charge on any atom is -0.469 e. The molecule has 11 heavy (non-hydrogen) atoms. The van der Waals surface area contributed by atoms with Crippen molar-refractivity contribution in [2.24, 2.45) is 11.8 Å². The lowest BCUT2D eigenvalue weighted by atomic mass is 10.2. The number of hydrogen-bond donors (Lipinski definition) is 0. The summed E-state index contributed by atoms with van der Waals surface area (Å²) in [5.41, 5.74) is 0. The smallest absolute Gasteiger partial charge is 0.313 e. The van der Waals surface area contributed by atoms with Gasteiger partial charge in [0.15, 0.2) is 0 Å². The van der Waals surface area contributed by atoms with E-state index in [1.54, 1.807) is 0 Å². The van der Waals surface area contributed by atoms with Gasteiger partial charge in [0.05, 0.1) is 7.11 Å². The Morgan fingerprint density at radius 2 is 2.09 bits per heavy atom. The van der Waals surface area contributed by atoms with E-state index in [0.29, 0.717) is 5.92 Å². The SMILES string of the molecule is COC(=O)CC(=O)C1CC1C. The number of carbonyl (C=O) groups is 2. The van der Waals surface area contributed by atoms with E-state index in [2.05, 4.69) is 4.74 Å². The zero-order valence-electron chi connectivity index (χ0n) is 6.79. The van der Waals surface area contributed by atoms with Gasteiger partial charge >= 0.3 is 5.97 Å². The number of Topliss-reactive ketones (excluding diaryl/α,β-unsaturated/α-hetero) is 1. The molecule has 0 spiro atoms. The van der Waals surface area contributed by atoms with Gasteiger partial charge in [-0.1, -0.05) is 6.92 Å². The highest BCUT2D eigenvalue weighted by molar-refractivity contribution is 5.98. The van der Waals surface area contributed by atoms with Crippen LogP contribution >= 0.6 is 0 Å². The fraction of sp³-hybridized carbons (Fsp3) is 0.750. The maximum atomic E-state index is 11.1. The number of carbonyl (C=O) groups excluding carboxylic acids is 2. The Hall–Kier alpha value is -0.860. The summed E-state index contributed by atoms with van der Waals surface area (Å²) < 4.78 is 4.37. The van der Waals surface area contributed by atoms with E-state index in [1.807, 2.05) is 6.92 Å². The van der Waals surface area contributed by atoms with Crippen LogP contribution in [-0.4, -0.2) is 18.9 Å². The van der Waals surface area contributed by atoms with Crippen molar-refractivity contribution in [3.8, 4) is 0 Å². The summed E-state index contributed by atoms with van der Waals surface area (Å²) in [7, 11) is 1.30. The Labute approximate surface area is 65.7 Å². The second kappa shape index (κ2) is 3.03. The summed E-state index contributed by atoms with van der Waals surface area (Å²) in [6, 6.07) is 0. The molecular formula is C8H12O3. The van der Waals surface area contributed by atoms with Crippen LogP contribution in [0.25, 0.3) is 0 Å². The van der Waals surface area contributed by atoms with Crippen LogP contribution in [0, 0.1) is 11.8 Å². The van der Waals surface area contributed by atoms with Crippen molar-refractivity contribution in [3.05, 3.63) is 0 Å². The largest absolute Gasteiger partial charge is 0.469 e. The Kier molecular flexibility index (Phi) is 2.27. The molecule has 1 rings (SSSR count). The molecule has 0 amide bonds. The Bertz CT molecular complexity index is 186. The standard InChI is InChI=1S/C8H12O3/c1-5-3-6(5)7(9)4-8(10)11-2/h5-6H,3-4H2,1-2H3. The van der Waals surface area contributed by atoms with Crippen LogP contribution in [0.2, 0.25) is 0 Å². The average molecular weight is 156 g/mol. The normalized spacial score (nSPS) is 27.8. The van der Waals surface area contributed by atoms with E-state index in [4.69, 9.17) is 0 Å². The molecule has 3 nitrogen and oxygen atoms in total. The monoisotopic (exact) mass is 156 g/mol. The molecule has 2 unspecified atom stereocenters. The highest BCUT2D eigenvalue weighted by atomic mass is 16.5. The van der Waals surface area contributed by atoms with Crippen molar-refractivity contribution in [3.63, 3.8) is 0 Å². The molecule has 0 heterocycles. The topological polar surface area (TPSA) is 43.4 Å². The molecule has 1 fully saturated rings. The van der Waals surface area contributed by atoms with Gasteiger partial charge in [-0.2, -0.15) is 0 Å². The van der Waals surface area contributed by atoms with Crippen molar-refractivity contribution in [2.75, 3.05) is 7.11 Å². The van der Waals surface area contributed by atoms with E-state index in [-0.39, 0.29) is 18.1 Å². The fourth-order valence-electron chi connectivity index (χ4n) is 1.12. The van der Waals surface area contributed by atoms with E-state index < -0.39 is 5.97 Å². The van der Waals surface area contributed by atoms with Gasteiger partial charge in [0, 0.05) is 5.92 Å². The predicted molar refractivity (Wildman–Crippen MR) is 38.9 cm³/mol. The summed E-state index contributed by atoms with van der Waals surface area (Å²) in [5, 5.41) is 0. The summed E-state index contributed by atoms with van der Waals surface area (Å²) in [6.45, 7) is 2.01. The van der Waals surface area contributed by atoms with Crippen molar-refractivity contribution in [1.29, 1.82) is 0 Å². The second-order valence-electron chi connectivity index (χ2n) is 3.04. The summed E-state index contributed by atoms with van der Waals surface area (Å²) in [4.78, 5) is 21.7.